The molecule has 1 aliphatic carbocycles. The van der Waals surface area contributed by atoms with Crippen LogP contribution in [0.15, 0.2) is 24.3 Å². The summed E-state index contributed by atoms with van der Waals surface area (Å²) < 4.78 is 0. The van der Waals surface area contributed by atoms with Gasteiger partial charge >= 0.3 is 0 Å². The minimum Gasteiger partial charge on any atom is -0.343 e. The lowest BCUT2D eigenvalue weighted by atomic mass is 9.66. The number of nitrogens with zero attached hydrogens (tertiary/aromatic N) is 3. The third kappa shape index (κ3) is 4.41. The first-order valence-electron chi connectivity index (χ1n) is 12.6. The number of carbonyl (C=O) groups is 2. The lowest BCUT2D eigenvalue weighted by Gasteiger charge is -2.38. The van der Waals surface area contributed by atoms with Crippen molar-refractivity contribution in [3.8, 4) is 0 Å². The Morgan fingerprint density at radius 1 is 0.969 bits per heavy atom. The summed E-state index contributed by atoms with van der Waals surface area (Å²) in [6.45, 7) is 3.57. The molecule has 1 N–H and O–H groups in total. The number of aromatic nitrogens is 2. The Morgan fingerprint density at radius 3 is 2.50 bits per heavy atom. The van der Waals surface area contributed by atoms with Crippen molar-refractivity contribution in [2.45, 2.75) is 70.6 Å². The quantitative estimate of drug-likeness (QED) is 0.734. The molecule has 172 valence electrons. The third-order valence-corrected chi connectivity index (χ3v) is 8.19. The van der Waals surface area contributed by atoms with E-state index in [1.165, 1.54) is 32.1 Å². The standard InChI is InChI=1S/C26H36N4O2/c31-24(29-16-6-7-17-29)12-10-20-18-30(19-26(20)14-4-1-5-15-26)25(32)13-11-23-27-21-8-2-3-9-22(21)28-23/h2-3,8-9,20H,1,4-7,10-19H2,(H,27,28). The summed E-state index contributed by atoms with van der Waals surface area (Å²) in [7, 11) is 0. The lowest BCUT2D eigenvalue weighted by Crippen LogP contribution is -2.35. The van der Waals surface area contributed by atoms with Gasteiger partial charge < -0.3 is 14.8 Å². The third-order valence-electron chi connectivity index (χ3n) is 8.19. The van der Waals surface area contributed by atoms with E-state index in [9.17, 15) is 9.59 Å². The smallest absolute Gasteiger partial charge is 0.223 e. The monoisotopic (exact) mass is 436 g/mol. The van der Waals surface area contributed by atoms with Gasteiger partial charge in [-0.2, -0.15) is 0 Å². The van der Waals surface area contributed by atoms with Crippen LogP contribution in [0.2, 0.25) is 0 Å². The first-order chi connectivity index (χ1) is 15.6. The number of benzene rings is 1. The predicted molar refractivity (Wildman–Crippen MR) is 125 cm³/mol. The molecule has 1 aromatic carbocycles. The Hall–Kier alpha value is -2.37. The van der Waals surface area contributed by atoms with Crippen LogP contribution < -0.4 is 0 Å². The zero-order chi connectivity index (χ0) is 22.0. The van der Waals surface area contributed by atoms with Crippen molar-refractivity contribution in [3.05, 3.63) is 30.1 Å². The van der Waals surface area contributed by atoms with Crippen LogP contribution in [0.25, 0.3) is 11.0 Å². The molecule has 2 aromatic rings. The van der Waals surface area contributed by atoms with E-state index >= 15 is 0 Å². The fourth-order valence-corrected chi connectivity index (χ4v) is 6.37. The number of hydrogen-bond acceptors (Lipinski definition) is 3. The van der Waals surface area contributed by atoms with Crippen LogP contribution in [0.5, 0.6) is 0 Å². The SMILES string of the molecule is O=C(CCC1CN(C(=O)CCc2nc3ccccc3[nH]2)CC12CCCCC2)N1CCCC1. The molecular formula is C26H36N4O2. The van der Waals surface area contributed by atoms with E-state index in [0.717, 1.165) is 62.3 Å². The van der Waals surface area contributed by atoms with Gasteiger partial charge in [-0.15, -0.1) is 0 Å². The van der Waals surface area contributed by atoms with Gasteiger partial charge in [0.25, 0.3) is 0 Å². The molecule has 1 spiro atoms. The van der Waals surface area contributed by atoms with Crippen molar-refractivity contribution in [1.82, 2.24) is 19.8 Å². The number of fused-ring (bicyclic) bond motifs is 1. The molecule has 32 heavy (non-hydrogen) atoms. The van der Waals surface area contributed by atoms with E-state index in [-0.39, 0.29) is 11.3 Å². The maximum atomic E-state index is 13.2. The highest BCUT2D eigenvalue weighted by Crippen LogP contribution is 2.49. The van der Waals surface area contributed by atoms with Crippen molar-refractivity contribution in [3.63, 3.8) is 0 Å². The van der Waals surface area contributed by atoms with Crippen LogP contribution in [-0.4, -0.2) is 57.8 Å². The zero-order valence-corrected chi connectivity index (χ0v) is 19.2. The molecule has 1 atom stereocenters. The molecule has 0 bridgehead atoms. The number of H-pyrrole nitrogens is 1. The van der Waals surface area contributed by atoms with Crippen molar-refractivity contribution in [2.75, 3.05) is 26.2 Å². The molecule has 3 aliphatic rings. The van der Waals surface area contributed by atoms with E-state index < -0.39 is 0 Å². The number of nitrogens with one attached hydrogen (secondary N) is 1. The Morgan fingerprint density at radius 2 is 1.72 bits per heavy atom. The van der Waals surface area contributed by atoms with Crippen LogP contribution in [0.3, 0.4) is 0 Å². The highest BCUT2D eigenvalue weighted by molar-refractivity contribution is 5.78. The first kappa shape index (κ1) is 21.5. The van der Waals surface area contributed by atoms with Gasteiger partial charge in [-0.05, 0) is 55.6 Å². The second-order valence-corrected chi connectivity index (χ2v) is 10.2. The Bertz CT molecular complexity index is 923. The number of likely N-dealkylation sites (tertiary alicyclic amines) is 2. The highest BCUT2D eigenvalue weighted by Gasteiger charge is 2.47. The number of amides is 2. The van der Waals surface area contributed by atoms with Crippen molar-refractivity contribution >= 4 is 22.8 Å². The summed E-state index contributed by atoms with van der Waals surface area (Å²) >= 11 is 0. The number of para-hydroxylation sites is 2. The maximum Gasteiger partial charge on any atom is 0.223 e. The summed E-state index contributed by atoms with van der Waals surface area (Å²) in [6, 6.07) is 8.01. The van der Waals surface area contributed by atoms with Crippen molar-refractivity contribution in [2.24, 2.45) is 11.3 Å². The van der Waals surface area contributed by atoms with Crippen LogP contribution in [0.4, 0.5) is 0 Å². The van der Waals surface area contributed by atoms with Gasteiger partial charge in [-0.1, -0.05) is 31.4 Å². The van der Waals surface area contributed by atoms with E-state index in [1.54, 1.807) is 0 Å². The fourth-order valence-electron chi connectivity index (χ4n) is 6.37. The molecule has 1 saturated carbocycles. The fraction of sp³-hybridized carbons (Fsp3) is 0.654. The molecule has 6 nitrogen and oxygen atoms in total. The number of aryl methyl sites for hydroxylation is 1. The lowest BCUT2D eigenvalue weighted by molar-refractivity contribution is -0.131. The molecule has 5 rings (SSSR count). The summed E-state index contributed by atoms with van der Waals surface area (Å²) in [5.74, 6) is 1.91. The molecule has 1 unspecified atom stereocenters. The number of rotatable bonds is 6. The van der Waals surface area contributed by atoms with E-state index in [2.05, 4.69) is 14.9 Å². The Kier molecular flexibility index (Phi) is 6.20. The average Bonchev–Trinajstić information content (AvgIpc) is 3.55. The summed E-state index contributed by atoms with van der Waals surface area (Å²) in [5, 5.41) is 0. The van der Waals surface area contributed by atoms with E-state index in [1.807, 2.05) is 29.2 Å². The molecule has 6 heteroatoms. The summed E-state index contributed by atoms with van der Waals surface area (Å²) in [5.41, 5.74) is 2.22. The average molecular weight is 437 g/mol. The Balaban J connectivity index is 1.20. The molecular weight excluding hydrogens is 400 g/mol. The van der Waals surface area contributed by atoms with E-state index in [4.69, 9.17) is 0 Å². The van der Waals surface area contributed by atoms with E-state index in [0.29, 0.717) is 31.1 Å². The first-order valence-corrected chi connectivity index (χ1v) is 12.6. The molecule has 2 amide bonds. The van der Waals surface area contributed by atoms with Crippen LogP contribution in [0.1, 0.15) is 70.0 Å². The van der Waals surface area contributed by atoms with Gasteiger partial charge in [0.05, 0.1) is 11.0 Å². The normalized spacial score (nSPS) is 22.8. The maximum absolute atomic E-state index is 13.2. The number of aromatic amines is 1. The number of hydrogen-bond donors (Lipinski definition) is 1. The van der Waals surface area contributed by atoms with Gasteiger partial charge in [-0.3, -0.25) is 9.59 Å². The second kappa shape index (κ2) is 9.24. The van der Waals surface area contributed by atoms with Gasteiger partial charge in [-0.25, -0.2) is 4.98 Å². The van der Waals surface area contributed by atoms with Gasteiger partial charge in [0, 0.05) is 45.4 Å². The molecule has 2 saturated heterocycles. The number of imidazole rings is 1. The second-order valence-electron chi connectivity index (χ2n) is 10.2. The van der Waals surface area contributed by atoms with Crippen LogP contribution in [0, 0.1) is 11.3 Å². The van der Waals surface area contributed by atoms with Crippen LogP contribution in [-0.2, 0) is 16.0 Å². The van der Waals surface area contributed by atoms with Crippen molar-refractivity contribution < 1.29 is 9.59 Å². The molecule has 1 aromatic heterocycles. The summed E-state index contributed by atoms with van der Waals surface area (Å²) in [4.78, 5) is 37.9. The highest BCUT2D eigenvalue weighted by atomic mass is 16.2. The van der Waals surface area contributed by atoms with Gasteiger partial charge in [0.15, 0.2) is 0 Å². The summed E-state index contributed by atoms with van der Waals surface area (Å²) in [6.07, 6.45) is 11.3. The van der Waals surface area contributed by atoms with Gasteiger partial charge in [0.2, 0.25) is 11.8 Å². The minimum absolute atomic E-state index is 0.235. The Labute approximate surface area is 190 Å². The molecule has 2 aliphatic heterocycles. The number of carbonyl (C=O) groups excluding carboxylic acids is 2. The topological polar surface area (TPSA) is 69.3 Å². The molecule has 3 fully saturated rings. The molecule has 3 heterocycles. The predicted octanol–water partition coefficient (Wildman–Crippen LogP) is 4.31. The van der Waals surface area contributed by atoms with Crippen molar-refractivity contribution in [1.29, 1.82) is 0 Å². The zero-order valence-electron chi connectivity index (χ0n) is 19.2. The largest absolute Gasteiger partial charge is 0.343 e. The molecule has 0 radical (unpaired) electrons. The van der Waals surface area contributed by atoms with Gasteiger partial charge in [0.1, 0.15) is 5.82 Å². The van der Waals surface area contributed by atoms with Crippen LogP contribution >= 0.6 is 0 Å². The minimum atomic E-state index is 0.235.